The summed E-state index contributed by atoms with van der Waals surface area (Å²) in [4.78, 5) is 32.4. The zero-order chi connectivity index (χ0) is 26.1. The first-order chi connectivity index (χ1) is 16.3. The summed E-state index contributed by atoms with van der Waals surface area (Å²) in [5.41, 5.74) is -3.47. The molecule has 1 N–H and O–H groups in total. The molecule has 1 amide bonds. The fraction of sp³-hybridized carbons (Fsp3) is 0.455. The van der Waals surface area contributed by atoms with Gasteiger partial charge in [-0.1, -0.05) is 13.0 Å². The van der Waals surface area contributed by atoms with Gasteiger partial charge in [-0.3, -0.25) is 4.79 Å². The Morgan fingerprint density at radius 3 is 2.46 bits per heavy atom. The largest absolute Gasteiger partial charge is 0.481 e. The third kappa shape index (κ3) is 4.90. The molecule has 1 saturated heterocycles. The normalized spacial score (nSPS) is 24.3. The van der Waals surface area contributed by atoms with Gasteiger partial charge < -0.3 is 19.5 Å². The van der Waals surface area contributed by atoms with Crippen LogP contribution < -0.4 is 10.1 Å². The number of halogens is 5. The van der Waals surface area contributed by atoms with Crippen LogP contribution in [0.5, 0.6) is 5.88 Å². The van der Waals surface area contributed by atoms with Crippen LogP contribution in [0.1, 0.15) is 47.9 Å². The van der Waals surface area contributed by atoms with Crippen molar-refractivity contribution in [1.29, 1.82) is 0 Å². The van der Waals surface area contributed by atoms with Crippen molar-refractivity contribution in [2.24, 2.45) is 5.92 Å². The maximum atomic E-state index is 14.0. The number of hydrogen-bond acceptors (Lipinski definition) is 7. The van der Waals surface area contributed by atoms with Crippen LogP contribution >= 0.6 is 0 Å². The van der Waals surface area contributed by atoms with Gasteiger partial charge in [0.1, 0.15) is 17.5 Å². The van der Waals surface area contributed by atoms with Crippen molar-refractivity contribution < 1.29 is 45.8 Å². The third-order valence-corrected chi connectivity index (χ3v) is 6.04. The van der Waals surface area contributed by atoms with E-state index < -0.39 is 53.7 Å². The Bertz CT molecular complexity index is 1110. The molecule has 2 aromatic rings. The summed E-state index contributed by atoms with van der Waals surface area (Å²) in [7, 11) is 2.26. The molecule has 0 saturated carbocycles. The molecule has 1 fully saturated rings. The summed E-state index contributed by atoms with van der Waals surface area (Å²) in [6.45, 7) is 2.06. The van der Waals surface area contributed by atoms with Crippen LogP contribution in [0, 0.1) is 5.92 Å². The molecule has 0 radical (unpaired) electrons. The maximum Gasteiger partial charge on any atom is 0.417 e. The molecule has 2 aromatic heterocycles. The van der Waals surface area contributed by atoms with Gasteiger partial charge in [-0.2, -0.15) is 13.2 Å². The molecule has 13 heteroatoms. The fourth-order valence-corrected chi connectivity index (χ4v) is 3.97. The number of ether oxygens (including phenoxy) is 3. The van der Waals surface area contributed by atoms with E-state index in [1.165, 1.54) is 25.3 Å². The van der Waals surface area contributed by atoms with E-state index >= 15 is 0 Å². The number of rotatable bonds is 6. The van der Waals surface area contributed by atoms with Crippen LogP contribution in [0.25, 0.3) is 0 Å². The Morgan fingerprint density at radius 1 is 1.20 bits per heavy atom. The highest BCUT2D eigenvalue weighted by Gasteiger charge is 2.65. The number of hydrogen-bond donors (Lipinski definition) is 1. The lowest BCUT2D eigenvalue weighted by Gasteiger charge is -2.31. The lowest BCUT2D eigenvalue weighted by atomic mass is 9.77. The van der Waals surface area contributed by atoms with Crippen LogP contribution in [-0.4, -0.2) is 53.9 Å². The average molecular weight is 503 g/mol. The number of methoxy groups -OCH3 is 2. The predicted octanol–water partition coefficient (Wildman–Crippen LogP) is 4.29. The molecule has 3 heterocycles. The number of carbonyl (C=O) groups excluding carboxylic acids is 2. The lowest BCUT2D eigenvalue weighted by Crippen LogP contribution is -2.47. The van der Waals surface area contributed by atoms with E-state index in [1.807, 2.05) is 0 Å². The molecule has 0 bridgehead atoms. The monoisotopic (exact) mass is 503 g/mol. The molecule has 1 aliphatic heterocycles. The zero-order valence-electron chi connectivity index (χ0n) is 19.0. The molecule has 4 atom stereocenters. The van der Waals surface area contributed by atoms with Crippen molar-refractivity contribution in [2.45, 2.75) is 44.1 Å². The van der Waals surface area contributed by atoms with Gasteiger partial charge in [-0.05, 0) is 25.1 Å². The quantitative estimate of drug-likeness (QED) is 0.464. The van der Waals surface area contributed by atoms with Gasteiger partial charge in [0.15, 0.2) is 5.60 Å². The van der Waals surface area contributed by atoms with Gasteiger partial charge in [-0.25, -0.2) is 23.5 Å². The van der Waals surface area contributed by atoms with Gasteiger partial charge >= 0.3 is 12.1 Å². The number of anilines is 1. The number of nitrogens with zero attached hydrogens (tertiary/aromatic N) is 2. The predicted molar refractivity (Wildman–Crippen MR) is 111 cm³/mol. The number of amides is 1. The van der Waals surface area contributed by atoms with Crippen molar-refractivity contribution in [3.8, 4) is 5.88 Å². The van der Waals surface area contributed by atoms with Gasteiger partial charge in [-0.15, -0.1) is 0 Å². The third-order valence-electron chi connectivity index (χ3n) is 6.04. The van der Waals surface area contributed by atoms with Crippen LogP contribution in [-0.2, 0) is 14.3 Å². The van der Waals surface area contributed by atoms with Crippen LogP contribution in [0.4, 0.5) is 27.6 Å². The standard InChI is InChI=1S/C22H22F5N3O5/c1-10-15(12-5-6-13(17(23)24)30-19(12)33-3)16(35-21(10,2)22(25,26)27)18(31)29-11-7-8-28-14(9-11)20(32)34-4/h5-10,15-17H,1-4H3,(H,28,29,31). The molecular formula is C22H22F5N3O5. The molecule has 3 rings (SSSR count). The molecule has 35 heavy (non-hydrogen) atoms. The molecule has 1 aliphatic rings. The first kappa shape index (κ1) is 26.3. The second-order valence-electron chi connectivity index (χ2n) is 8.00. The maximum absolute atomic E-state index is 14.0. The summed E-state index contributed by atoms with van der Waals surface area (Å²) in [6, 6.07) is 4.61. The summed E-state index contributed by atoms with van der Waals surface area (Å²) in [5.74, 6) is -4.70. The number of esters is 1. The number of alkyl halides is 5. The first-order valence-electron chi connectivity index (χ1n) is 10.3. The molecular weight excluding hydrogens is 481 g/mol. The van der Waals surface area contributed by atoms with E-state index in [9.17, 15) is 31.5 Å². The highest BCUT2D eigenvalue weighted by atomic mass is 19.4. The first-order valence-corrected chi connectivity index (χ1v) is 10.3. The molecule has 0 aromatic carbocycles. The number of nitrogens with one attached hydrogen (secondary N) is 1. The molecule has 190 valence electrons. The zero-order valence-corrected chi connectivity index (χ0v) is 19.0. The summed E-state index contributed by atoms with van der Waals surface area (Å²) < 4.78 is 83.3. The Kier molecular flexibility index (Phi) is 7.29. The van der Waals surface area contributed by atoms with Crippen molar-refractivity contribution >= 4 is 17.6 Å². The van der Waals surface area contributed by atoms with E-state index in [2.05, 4.69) is 20.0 Å². The Morgan fingerprint density at radius 2 is 1.89 bits per heavy atom. The van der Waals surface area contributed by atoms with E-state index in [0.29, 0.717) is 0 Å². The van der Waals surface area contributed by atoms with Crippen LogP contribution in [0.2, 0.25) is 0 Å². The minimum absolute atomic E-state index is 0.00232. The van der Waals surface area contributed by atoms with Gasteiger partial charge in [0.2, 0.25) is 5.88 Å². The highest BCUT2D eigenvalue weighted by molar-refractivity contribution is 5.96. The molecule has 8 nitrogen and oxygen atoms in total. The molecule has 0 aliphatic carbocycles. The van der Waals surface area contributed by atoms with E-state index in [1.54, 1.807) is 0 Å². The minimum atomic E-state index is -4.86. The van der Waals surface area contributed by atoms with E-state index in [-0.39, 0.29) is 22.8 Å². The highest BCUT2D eigenvalue weighted by Crippen LogP contribution is 2.54. The summed E-state index contributed by atoms with van der Waals surface area (Å²) >= 11 is 0. The second-order valence-corrected chi connectivity index (χ2v) is 8.00. The SMILES string of the molecule is COC(=O)c1cc(NC(=O)C2OC(C)(C(F)(F)F)C(C)C2c2ccc(C(F)F)nc2OC)ccn1. The Balaban J connectivity index is 2.04. The van der Waals surface area contributed by atoms with Crippen molar-refractivity contribution in [3.05, 3.63) is 47.4 Å². The summed E-state index contributed by atoms with van der Waals surface area (Å²) in [6.07, 6.45) is -8.31. The molecule has 4 unspecified atom stereocenters. The van der Waals surface area contributed by atoms with Gasteiger partial charge in [0.05, 0.1) is 14.2 Å². The molecule has 0 spiro atoms. The number of carbonyl (C=O) groups is 2. The summed E-state index contributed by atoms with van der Waals surface area (Å²) in [5, 5.41) is 2.42. The van der Waals surface area contributed by atoms with Crippen LogP contribution in [0.3, 0.4) is 0 Å². The van der Waals surface area contributed by atoms with Gasteiger partial charge in [0.25, 0.3) is 12.3 Å². The van der Waals surface area contributed by atoms with Crippen molar-refractivity contribution in [2.75, 3.05) is 19.5 Å². The van der Waals surface area contributed by atoms with Crippen molar-refractivity contribution in [1.82, 2.24) is 9.97 Å². The van der Waals surface area contributed by atoms with Gasteiger partial charge in [0, 0.05) is 29.3 Å². The Hall–Kier alpha value is -3.35. The van der Waals surface area contributed by atoms with E-state index in [0.717, 1.165) is 33.3 Å². The smallest absolute Gasteiger partial charge is 0.417 e. The average Bonchev–Trinajstić information content (AvgIpc) is 3.10. The number of aromatic nitrogens is 2. The van der Waals surface area contributed by atoms with E-state index in [4.69, 9.17) is 9.47 Å². The Labute approximate surface area is 196 Å². The minimum Gasteiger partial charge on any atom is -0.481 e. The number of pyridine rings is 2. The second kappa shape index (κ2) is 9.72. The van der Waals surface area contributed by atoms with Crippen molar-refractivity contribution in [3.63, 3.8) is 0 Å². The topological polar surface area (TPSA) is 99.6 Å². The van der Waals surface area contributed by atoms with Crippen LogP contribution in [0.15, 0.2) is 30.5 Å². The fourth-order valence-electron chi connectivity index (χ4n) is 3.97. The lowest BCUT2D eigenvalue weighted by molar-refractivity contribution is -0.272.